The molecule has 1 unspecified atom stereocenters. The highest BCUT2D eigenvalue weighted by Gasteiger charge is 2.49. The highest BCUT2D eigenvalue weighted by Crippen LogP contribution is 2.37. The zero-order valence-electron chi connectivity index (χ0n) is 11.3. The number of ketones is 1. The molecule has 1 fully saturated rings. The number of halogens is 1. The minimum atomic E-state index is -1.04. The van der Waals surface area contributed by atoms with E-state index in [0.29, 0.717) is 26.0 Å². The van der Waals surface area contributed by atoms with Gasteiger partial charge in [0.15, 0.2) is 0 Å². The zero-order chi connectivity index (χ0) is 14.2. The Balaban J connectivity index is 2.44. The number of esters is 1. The van der Waals surface area contributed by atoms with Crippen LogP contribution in [-0.2, 0) is 27.3 Å². The Bertz CT molecular complexity index is 538. The number of carbonyl (C=O) groups excluding carboxylic acids is 2. The van der Waals surface area contributed by atoms with Crippen LogP contribution < -0.4 is 0 Å². The molecular weight excluding hydrogens is 312 g/mol. The van der Waals surface area contributed by atoms with E-state index >= 15 is 0 Å². The van der Waals surface area contributed by atoms with Crippen LogP contribution in [0.25, 0.3) is 0 Å². The fourth-order valence-electron chi connectivity index (χ4n) is 2.49. The van der Waals surface area contributed by atoms with Gasteiger partial charge in [-0.1, -0.05) is 0 Å². The maximum atomic E-state index is 12.0. The van der Waals surface area contributed by atoms with Gasteiger partial charge in [0.05, 0.1) is 22.5 Å². The molecular formula is C13H17BrN2O3. The molecule has 1 aromatic heterocycles. The van der Waals surface area contributed by atoms with E-state index in [1.54, 1.807) is 0 Å². The van der Waals surface area contributed by atoms with Crippen LogP contribution in [-0.4, -0.2) is 28.1 Å². The third-order valence-electron chi connectivity index (χ3n) is 3.75. The predicted molar refractivity (Wildman–Crippen MR) is 72.7 cm³/mol. The summed E-state index contributed by atoms with van der Waals surface area (Å²) in [5, 5.41) is 4.39. The van der Waals surface area contributed by atoms with Gasteiger partial charge in [-0.2, -0.15) is 5.10 Å². The zero-order valence-corrected chi connectivity index (χ0v) is 12.9. The van der Waals surface area contributed by atoms with Crippen LogP contribution in [0.15, 0.2) is 4.47 Å². The van der Waals surface area contributed by atoms with Crippen molar-refractivity contribution in [3.05, 3.63) is 15.9 Å². The van der Waals surface area contributed by atoms with Crippen molar-refractivity contribution in [1.29, 1.82) is 0 Å². The molecule has 0 bridgehead atoms. The summed E-state index contributed by atoms with van der Waals surface area (Å²) in [5.41, 5.74) is 0.706. The molecule has 1 aliphatic heterocycles. The lowest BCUT2D eigenvalue weighted by Crippen LogP contribution is -2.37. The molecule has 0 aromatic carbocycles. The standard InChI is InChI=1S/C13H17BrN2O3/c1-4-16-10(11(14)8(2)15-16)7-13(9(3)17)5-6-19-12(13)18/h4-7H2,1-3H3. The SMILES string of the molecule is CCn1nc(C)c(Br)c1CC1(C(C)=O)CCOC1=O. The molecule has 0 amide bonds. The van der Waals surface area contributed by atoms with Crippen LogP contribution in [0.3, 0.4) is 0 Å². The van der Waals surface area contributed by atoms with Crippen LogP contribution in [0, 0.1) is 12.3 Å². The molecule has 2 rings (SSSR count). The third-order valence-corrected chi connectivity index (χ3v) is 4.78. The van der Waals surface area contributed by atoms with Gasteiger partial charge < -0.3 is 4.74 Å². The van der Waals surface area contributed by atoms with Crippen LogP contribution >= 0.6 is 15.9 Å². The predicted octanol–water partition coefficient (Wildman–Crippen LogP) is 2.04. The molecule has 1 atom stereocenters. The lowest BCUT2D eigenvalue weighted by Gasteiger charge is -2.21. The Morgan fingerprint density at radius 2 is 2.26 bits per heavy atom. The molecule has 1 aliphatic rings. The van der Waals surface area contributed by atoms with Crippen LogP contribution in [0.5, 0.6) is 0 Å². The summed E-state index contributed by atoms with van der Waals surface area (Å²) in [6.07, 6.45) is 0.790. The summed E-state index contributed by atoms with van der Waals surface area (Å²) in [5.74, 6) is -0.545. The van der Waals surface area contributed by atoms with Crippen molar-refractivity contribution in [3.63, 3.8) is 0 Å². The maximum Gasteiger partial charge on any atom is 0.320 e. The smallest absolute Gasteiger partial charge is 0.320 e. The Kier molecular flexibility index (Phi) is 3.80. The fraction of sp³-hybridized carbons (Fsp3) is 0.615. The molecule has 0 aliphatic carbocycles. The van der Waals surface area contributed by atoms with E-state index < -0.39 is 11.4 Å². The first-order chi connectivity index (χ1) is 8.92. The van der Waals surface area contributed by atoms with E-state index in [-0.39, 0.29) is 5.78 Å². The number of hydrogen-bond donors (Lipinski definition) is 0. The first-order valence-corrected chi connectivity index (χ1v) is 7.11. The summed E-state index contributed by atoms with van der Waals surface area (Å²) in [7, 11) is 0. The lowest BCUT2D eigenvalue weighted by molar-refractivity contribution is -0.150. The van der Waals surface area contributed by atoms with Gasteiger partial charge in [0.1, 0.15) is 11.2 Å². The molecule has 0 radical (unpaired) electrons. The molecule has 104 valence electrons. The highest BCUT2D eigenvalue weighted by atomic mass is 79.9. The summed E-state index contributed by atoms with van der Waals surface area (Å²) < 4.78 is 7.72. The van der Waals surface area contributed by atoms with Gasteiger partial charge in [-0.05, 0) is 36.7 Å². The number of aryl methyl sites for hydroxylation is 2. The maximum absolute atomic E-state index is 12.0. The number of nitrogens with zero attached hydrogens (tertiary/aromatic N) is 2. The Labute approximate surface area is 120 Å². The normalized spacial score (nSPS) is 22.6. The van der Waals surface area contributed by atoms with Gasteiger partial charge >= 0.3 is 5.97 Å². The molecule has 0 saturated carbocycles. The number of aromatic nitrogens is 2. The van der Waals surface area contributed by atoms with Crippen LogP contribution in [0.4, 0.5) is 0 Å². The number of ether oxygens (including phenoxy) is 1. The number of hydrogen-bond acceptors (Lipinski definition) is 4. The average molecular weight is 329 g/mol. The third kappa shape index (κ3) is 2.22. The van der Waals surface area contributed by atoms with E-state index in [2.05, 4.69) is 21.0 Å². The monoisotopic (exact) mass is 328 g/mol. The van der Waals surface area contributed by atoms with E-state index in [1.807, 2.05) is 18.5 Å². The molecule has 0 N–H and O–H groups in total. The molecule has 2 heterocycles. The van der Waals surface area contributed by atoms with Crippen molar-refractivity contribution in [2.24, 2.45) is 5.41 Å². The highest BCUT2D eigenvalue weighted by molar-refractivity contribution is 9.10. The second kappa shape index (κ2) is 5.07. The van der Waals surface area contributed by atoms with Crippen molar-refractivity contribution in [2.45, 2.75) is 40.2 Å². The number of carbonyl (C=O) groups is 2. The number of rotatable bonds is 4. The summed E-state index contributed by atoms with van der Waals surface area (Å²) in [6.45, 7) is 6.35. The van der Waals surface area contributed by atoms with Crippen molar-refractivity contribution >= 4 is 27.7 Å². The van der Waals surface area contributed by atoms with Gasteiger partial charge in [-0.25, -0.2) is 0 Å². The van der Waals surface area contributed by atoms with Gasteiger partial charge in [-0.15, -0.1) is 0 Å². The van der Waals surface area contributed by atoms with E-state index in [9.17, 15) is 9.59 Å². The summed E-state index contributed by atoms with van der Waals surface area (Å²) in [6, 6.07) is 0. The second-order valence-corrected chi connectivity index (χ2v) is 5.66. The van der Waals surface area contributed by atoms with Gasteiger partial charge in [0, 0.05) is 19.4 Å². The summed E-state index contributed by atoms with van der Waals surface area (Å²) in [4.78, 5) is 23.9. The molecule has 6 heteroatoms. The lowest BCUT2D eigenvalue weighted by atomic mass is 9.78. The van der Waals surface area contributed by atoms with Crippen LogP contribution in [0.2, 0.25) is 0 Å². The second-order valence-electron chi connectivity index (χ2n) is 4.86. The Morgan fingerprint density at radius 3 is 2.74 bits per heavy atom. The minimum absolute atomic E-state index is 0.136. The van der Waals surface area contributed by atoms with Crippen LogP contribution in [0.1, 0.15) is 31.7 Å². The molecule has 1 saturated heterocycles. The molecule has 1 aromatic rings. The number of cyclic esters (lactones) is 1. The average Bonchev–Trinajstić information content (AvgIpc) is 2.86. The number of Topliss-reactive ketones (excluding diaryl/α,β-unsaturated/α-hetero) is 1. The minimum Gasteiger partial charge on any atom is -0.465 e. The van der Waals surface area contributed by atoms with Gasteiger partial charge in [-0.3, -0.25) is 14.3 Å². The van der Waals surface area contributed by atoms with E-state index in [1.165, 1.54) is 6.92 Å². The Morgan fingerprint density at radius 1 is 1.58 bits per heavy atom. The van der Waals surface area contributed by atoms with Crippen molar-refractivity contribution in [3.8, 4) is 0 Å². The molecule has 5 nitrogen and oxygen atoms in total. The van der Waals surface area contributed by atoms with E-state index in [0.717, 1.165) is 15.9 Å². The van der Waals surface area contributed by atoms with Gasteiger partial charge in [0.2, 0.25) is 0 Å². The van der Waals surface area contributed by atoms with Gasteiger partial charge in [0.25, 0.3) is 0 Å². The first-order valence-electron chi connectivity index (χ1n) is 6.32. The first kappa shape index (κ1) is 14.2. The van der Waals surface area contributed by atoms with E-state index in [4.69, 9.17) is 4.74 Å². The van der Waals surface area contributed by atoms with Crippen molar-refractivity contribution < 1.29 is 14.3 Å². The topological polar surface area (TPSA) is 61.2 Å². The largest absolute Gasteiger partial charge is 0.465 e. The quantitative estimate of drug-likeness (QED) is 0.626. The van der Waals surface area contributed by atoms with Crippen molar-refractivity contribution in [1.82, 2.24) is 9.78 Å². The van der Waals surface area contributed by atoms with Crippen molar-refractivity contribution in [2.75, 3.05) is 6.61 Å². The fourth-order valence-corrected chi connectivity index (χ4v) is 2.91. The summed E-state index contributed by atoms with van der Waals surface area (Å²) >= 11 is 3.50. The molecule has 19 heavy (non-hydrogen) atoms. The molecule has 0 spiro atoms. The Hall–Kier alpha value is -1.17.